The summed E-state index contributed by atoms with van der Waals surface area (Å²) in [4.78, 5) is 19.7. The number of H-pyrrole nitrogens is 1. The first kappa shape index (κ1) is 18.5. The fourth-order valence-electron chi connectivity index (χ4n) is 2.99. The number of carbonyl (C=O) groups excluding carboxylic acids is 1. The third-order valence-corrected chi connectivity index (χ3v) is 4.31. The summed E-state index contributed by atoms with van der Waals surface area (Å²) in [5, 5.41) is 14.2. The quantitative estimate of drug-likeness (QED) is 0.402. The van der Waals surface area contributed by atoms with E-state index >= 15 is 0 Å². The van der Waals surface area contributed by atoms with Crippen LogP contribution in [0.4, 0.5) is 19.0 Å². The van der Waals surface area contributed by atoms with Crippen molar-refractivity contribution in [3.05, 3.63) is 83.2 Å². The molecule has 0 radical (unpaired) electrons. The van der Waals surface area contributed by atoms with Crippen LogP contribution in [0, 0.1) is 5.21 Å². The zero-order chi connectivity index (χ0) is 20.6. The third kappa shape index (κ3) is 3.49. The zero-order valence-corrected chi connectivity index (χ0v) is 14.7. The molecule has 2 aromatic carbocycles. The maximum Gasteiger partial charge on any atom is 0.417 e. The van der Waals surface area contributed by atoms with Crippen LogP contribution in [-0.4, -0.2) is 15.9 Å². The molecular weight excluding hydrogens is 385 g/mol. The molecule has 2 N–H and O–H groups in total. The van der Waals surface area contributed by atoms with E-state index in [-0.39, 0.29) is 28.3 Å². The maximum absolute atomic E-state index is 13.3. The van der Waals surface area contributed by atoms with Gasteiger partial charge in [0.25, 0.3) is 5.82 Å². The topological polar surface area (TPSA) is 84.7 Å². The van der Waals surface area contributed by atoms with Crippen molar-refractivity contribution >= 4 is 22.8 Å². The summed E-state index contributed by atoms with van der Waals surface area (Å²) >= 11 is 0. The molecule has 4 rings (SSSR count). The second-order valence-corrected chi connectivity index (χ2v) is 6.20. The second kappa shape index (κ2) is 6.93. The highest BCUT2D eigenvalue weighted by Gasteiger charge is 2.34. The van der Waals surface area contributed by atoms with E-state index in [1.165, 1.54) is 42.6 Å². The van der Waals surface area contributed by atoms with Gasteiger partial charge in [0.2, 0.25) is 0 Å². The van der Waals surface area contributed by atoms with Crippen LogP contribution in [0.2, 0.25) is 0 Å². The van der Waals surface area contributed by atoms with Crippen molar-refractivity contribution in [3.8, 4) is 11.4 Å². The number of hydrogen-bond acceptors (Lipinski definition) is 3. The standard InChI is InChI=1S/C20H13F3N4O2/c21-20(22,23)14-8-2-1-6-12(14)18-24-15-9-5-7-13(17(15)26-18)19(28)25-16-10-3-4-11-27(16)29/h1-11H,(H,24,26)(H,25,28). The Bertz CT molecular complexity index is 1220. The van der Waals surface area contributed by atoms with Gasteiger partial charge in [-0.15, -0.1) is 0 Å². The van der Waals surface area contributed by atoms with Gasteiger partial charge in [-0.2, -0.15) is 13.2 Å². The number of amides is 1. The van der Waals surface area contributed by atoms with Crippen LogP contribution < -0.4 is 10.0 Å². The van der Waals surface area contributed by atoms with Crippen molar-refractivity contribution in [1.82, 2.24) is 9.97 Å². The summed E-state index contributed by atoms with van der Waals surface area (Å²) in [5.74, 6) is -0.590. The number of halogens is 3. The SMILES string of the molecule is O=C(Nc1cccc[n+]1[O-])c1cccc2[nH]c(-c3ccccc3C(F)(F)F)nc12. The Hall–Kier alpha value is -3.88. The molecule has 0 aliphatic carbocycles. The summed E-state index contributed by atoms with van der Waals surface area (Å²) in [7, 11) is 0. The zero-order valence-electron chi connectivity index (χ0n) is 14.7. The minimum atomic E-state index is -4.55. The number of nitrogens with zero attached hydrogens (tertiary/aromatic N) is 2. The maximum atomic E-state index is 13.3. The van der Waals surface area contributed by atoms with Gasteiger partial charge in [0.05, 0.1) is 22.8 Å². The minimum Gasteiger partial charge on any atom is -0.711 e. The van der Waals surface area contributed by atoms with E-state index in [0.717, 1.165) is 6.07 Å². The molecule has 146 valence electrons. The van der Waals surface area contributed by atoms with E-state index in [4.69, 9.17) is 0 Å². The molecule has 0 unspecified atom stereocenters. The lowest BCUT2D eigenvalue weighted by Gasteiger charge is -2.10. The molecule has 0 fully saturated rings. The molecule has 29 heavy (non-hydrogen) atoms. The van der Waals surface area contributed by atoms with E-state index in [1.807, 2.05) is 0 Å². The molecule has 0 spiro atoms. The number of aromatic amines is 1. The number of benzene rings is 2. The fourth-order valence-corrected chi connectivity index (χ4v) is 2.99. The number of pyridine rings is 1. The Morgan fingerprint density at radius 3 is 2.55 bits per heavy atom. The number of fused-ring (bicyclic) bond motifs is 1. The van der Waals surface area contributed by atoms with Gasteiger partial charge in [0, 0.05) is 11.6 Å². The van der Waals surface area contributed by atoms with Crippen molar-refractivity contribution < 1.29 is 22.7 Å². The van der Waals surface area contributed by atoms with Gasteiger partial charge in [-0.25, -0.2) is 19.8 Å². The fraction of sp³-hybridized carbons (Fsp3) is 0.0500. The predicted molar refractivity (Wildman–Crippen MR) is 99.9 cm³/mol. The van der Waals surface area contributed by atoms with Crippen LogP contribution in [0.1, 0.15) is 15.9 Å². The number of carbonyl (C=O) groups is 1. The summed E-state index contributed by atoms with van der Waals surface area (Å²) in [6.45, 7) is 0. The number of alkyl halides is 3. The predicted octanol–water partition coefficient (Wildman–Crippen LogP) is 4.13. The number of imidazole rings is 1. The van der Waals surface area contributed by atoms with Crippen molar-refractivity contribution in [3.63, 3.8) is 0 Å². The number of rotatable bonds is 3. The van der Waals surface area contributed by atoms with Crippen molar-refractivity contribution in [2.45, 2.75) is 6.18 Å². The molecule has 0 bridgehead atoms. The molecule has 9 heteroatoms. The van der Waals surface area contributed by atoms with Crippen molar-refractivity contribution in [2.75, 3.05) is 5.32 Å². The van der Waals surface area contributed by atoms with Gasteiger partial charge >= 0.3 is 12.1 Å². The molecule has 2 aromatic heterocycles. The Kier molecular flexibility index (Phi) is 4.42. The normalized spacial score (nSPS) is 11.6. The molecule has 0 atom stereocenters. The van der Waals surface area contributed by atoms with Crippen molar-refractivity contribution in [2.24, 2.45) is 0 Å². The first-order chi connectivity index (χ1) is 13.8. The highest BCUT2D eigenvalue weighted by molar-refractivity contribution is 6.11. The van der Waals surface area contributed by atoms with Crippen LogP contribution in [0.25, 0.3) is 22.4 Å². The van der Waals surface area contributed by atoms with E-state index in [0.29, 0.717) is 10.2 Å². The Labute approximate surface area is 162 Å². The van der Waals surface area contributed by atoms with Gasteiger partial charge in [-0.3, -0.25) is 0 Å². The Morgan fingerprint density at radius 2 is 1.79 bits per heavy atom. The number of nitrogens with one attached hydrogen (secondary N) is 2. The molecule has 0 saturated heterocycles. The van der Waals surface area contributed by atoms with Gasteiger partial charge in [0.1, 0.15) is 11.3 Å². The number of anilines is 1. The average molecular weight is 398 g/mol. The first-order valence-corrected chi connectivity index (χ1v) is 8.49. The van der Waals surface area contributed by atoms with E-state index in [1.54, 1.807) is 18.2 Å². The van der Waals surface area contributed by atoms with E-state index < -0.39 is 17.6 Å². The van der Waals surface area contributed by atoms with Gasteiger partial charge in [-0.1, -0.05) is 30.3 Å². The number of aromatic nitrogens is 3. The Morgan fingerprint density at radius 1 is 1.03 bits per heavy atom. The number of para-hydroxylation sites is 1. The second-order valence-electron chi connectivity index (χ2n) is 6.20. The van der Waals surface area contributed by atoms with Crippen LogP contribution in [0.15, 0.2) is 66.9 Å². The minimum absolute atomic E-state index is 0.00762. The highest BCUT2D eigenvalue weighted by Crippen LogP contribution is 2.36. The van der Waals surface area contributed by atoms with Crippen molar-refractivity contribution in [1.29, 1.82) is 0 Å². The molecule has 0 saturated carbocycles. The monoisotopic (exact) mass is 398 g/mol. The van der Waals surface area contributed by atoms with E-state index in [9.17, 15) is 23.2 Å². The molecule has 4 aromatic rings. The highest BCUT2D eigenvalue weighted by atomic mass is 19.4. The van der Waals surface area contributed by atoms with E-state index in [2.05, 4.69) is 15.3 Å². The van der Waals surface area contributed by atoms with Gasteiger partial charge < -0.3 is 10.2 Å². The summed E-state index contributed by atoms with van der Waals surface area (Å²) in [5.41, 5.74) is -0.235. The smallest absolute Gasteiger partial charge is 0.417 e. The molecule has 1 amide bonds. The van der Waals surface area contributed by atoms with Crippen LogP contribution >= 0.6 is 0 Å². The van der Waals surface area contributed by atoms with Crippen LogP contribution in [0.5, 0.6) is 0 Å². The molecule has 2 heterocycles. The van der Waals surface area contributed by atoms with Crippen LogP contribution in [-0.2, 0) is 6.18 Å². The average Bonchev–Trinajstić information content (AvgIpc) is 3.13. The lowest BCUT2D eigenvalue weighted by Crippen LogP contribution is -2.32. The van der Waals surface area contributed by atoms with Gasteiger partial charge in [0.15, 0.2) is 0 Å². The third-order valence-electron chi connectivity index (χ3n) is 4.31. The summed E-state index contributed by atoms with van der Waals surface area (Å²) in [6.07, 6.45) is -3.32. The van der Waals surface area contributed by atoms with Gasteiger partial charge in [-0.05, 0) is 24.3 Å². The summed E-state index contributed by atoms with van der Waals surface area (Å²) in [6, 6.07) is 14.3. The molecule has 6 nitrogen and oxygen atoms in total. The Balaban J connectivity index is 1.78. The largest absolute Gasteiger partial charge is 0.711 e. The molecule has 0 aliphatic rings. The number of hydrogen-bond donors (Lipinski definition) is 2. The summed E-state index contributed by atoms with van der Waals surface area (Å²) < 4.78 is 40.5. The lowest BCUT2D eigenvalue weighted by atomic mass is 10.1. The molecular formula is C20H13F3N4O2. The molecule has 0 aliphatic heterocycles. The van der Waals surface area contributed by atoms with Crippen LogP contribution in [0.3, 0.4) is 0 Å². The lowest BCUT2D eigenvalue weighted by molar-refractivity contribution is -0.590. The first-order valence-electron chi connectivity index (χ1n) is 8.49.